The fraction of sp³-hybridized carbons (Fsp3) is 0.600. The normalized spacial score (nSPS) is 12.8. The van der Waals surface area contributed by atoms with Crippen LogP contribution in [0.15, 0.2) is 6.20 Å². The van der Waals surface area contributed by atoms with Gasteiger partial charge in [-0.1, -0.05) is 18.5 Å². The molecular formula is C10H16ClN3O. The summed E-state index contributed by atoms with van der Waals surface area (Å²) in [4.78, 5) is 11.8. The van der Waals surface area contributed by atoms with Gasteiger partial charge in [-0.3, -0.25) is 9.48 Å². The monoisotopic (exact) mass is 229 g/mol. The van der Waals surface area contributed by atoms with E-state index in [1.54, 1.807) is 7.05 Å². The molecular weight excluding hydrogens is 214 g/mol. The summed E-state index contributed by atoms with van der Waals surface area (Å²) < 4.78 is 1.52. The lowest BCUT2D eigenvalue weighted by atomic mass is 10.1. The Morgan fingerprint density at radius 2 is 2.40 bits per heavy atom. The zero-order valence-corrected chi connectivity index (χ0v) is 10.0. The van der Waals surface area contributed by atoms with Gasteiger partial charge in [-0.2, -0.15) is 5.10 Å². The highest BCUT2D eigenvalue weighted by Crippen LogP contribution is 2.16. The van der Waals surface area contributed by atoms with E-state index in [4.69, 9.17) is 11.6 Å². The average Bonchev–Trinajstić information content (AvgIpc) is 2.46. The summed E-state index contributed by atoms with van der Waals surface area (Å²) in [6.45, 7) is 4.84. The van der Waals surface area contributed by atoms with E-state index >= 15 is 0 Å². The van der Waals surface area contributed by atoms with Crippen LogP contribution in [-0.4, -0.2) is 28.2 Å². The maximum absolute atomic E-state index is 11.8. The minimum Gasteiger partial charge on any atom is -0.314 e. The van der Waals surface area contributed by atoms with Crippen LogP contribution in [0.2, 0.25) is 5.02 Å². The third kappa shape index (κ3) is 3.04. The van der Waals surface area contributed by atoms with Crippen LogP contribution in [0.5, 0.6) is 0 Å². The van der Waals surface area contributed by atoms with E-state index in [9.17, 15) is 4.79 Å². The number of aryl methyl sites for hydroxylation is 1. The molecule has 0 aliphatic rings. The number of aromatic nitrogens is 2. The van der Waals surface area contributed by atoms with Gasteiger partial charge in [-0.15, -0.1) is 0 Å². The standard InChI is InChI=1S/C10H16ClN3O/c1-4-12-7(2)5-9(15)10-8(11)6-13-14(10)3/h6-7,12H,4-5H2,1-3H3. The molecule has 15 heavy (non-hydrogen) atoms. The first-order valence-electron chi connectivity index (χ1n) is 5.00. The summed E-state index contributed by atoms with van der Waals surface area (Å²) in [5.74, 6) is 0.0217. The molecule has 5 heteroatoms. The third-order valence-electron chi connectivity index (χ3n) is 2.20. The van der Waals surface area contributed by atoms with Crippen molar-refractivity contribution in [3.63, 3.8) is 0 Å². The smallest absolute Gasteiger partial charge is 0.183 e. The highest BCUT2D eigenvalue weighted by molar-refractivity contribution is 6.33. The second-order valence-corrected chi connectivity index (χ2v) is 3.96. The summed E-state index contributed by atoms with van der Waals surface area (Å²) in [6.07, 6.45) is 1.93. The Labute approximate surface area is 94.6 Å². The number of carbonyl (C=O) groups excluding carboxylic acids is 1. The molecule has 0 aromatic carbocycles. The molecule has 0 aliphatic heterocycles. The zero-order chi connectivity index (χ0) is 11.4. The molecule has 1 rings (SSSR count). The highest BCUT2D eigenvalue weighted by Gasteiger charge is 2.17. The summed E-state index contributed by atoms with van der Waals surface area (Å²) in [6, 6.07) is 0.161. The molecule has 0 spiro atoms. The number of halogens is 1. The van der Waals surface area contributed by atoms with E-state index in [1.165, 1.54) is 10.9 Å². The molecule has 1 N–H and O–H groups in total. The van der Waals surface area contributed by atoms with Crippen LogP contribution in [0, 0.1) is 0 Å². The van der Waals surface area contributed by atoms with E-state index < -0.39 is 0 Å². The van der Waals surface area contributed by atoms with Crippen LogP contribution >= 0.6 is 11.6 Å². The van der Waals surface area contributed by atoms with Crippen LogP contribution in [0.1, 0.15) is 30.8 Å². The maximum Gasteiger partial charge on any atom is 0.183 e. The lowest BCUT2D eigenvalue weighted by Gasteiger charge is -2.11. The number of hydrogen-bond donors (Lipinski definition) is 1. The number of nitrogens with zero attached hydrogens (tertiary/aromatic N) is 2. The van der Waals surface area contributed by atoms with Crippen LogP contribution in [0.25, 0.3) is 0 Å². The number of carbonyl (C=O) groups is 1. The van der Waals surface area contributed by atoms with Gasteiger partial charge in [-0.05, 0) is 13.5 Å². The van der Waals surface area contributed by atoms with Crippen LogP contribution in [0.3, 0.4) is 0 Å². The summed E-state index contributed by atoms with van der Waals surface area (Å²) >= 11 is 5.88. The first-order chi connectivity index (χ1) is 7.06. The predicted molar refractivity (Wildman–Crippen MR) is 60.3 cm³/mol. The second kappa shape index (κ2) is 5.28. The Morgan fingerprint density at radius 1 is 1.73 bits per heavy atom. The number of hydrogen-bond acceptors (Lipinski definition) is 3. The summed E-state index contributed by atoms with van der Waals surface area (Å²) in [7, 11) is 1.72. The van der Waals surface area contributed by atoms with Gasteiger partial charge in [-0.25, -0.2) is 0 Å². The SMILES string of the molecule is CCNC(C)CC(=O)c1c(Cl)cnn1C. The van der Waals surface area contributed by atoms with Crippen LogP contribution in [-0.2, 0) is 7.05 Å². The minimum absolute atomic E-state index is 0.0217. The Kier molecular flexibility index (Phi) is 4.29. The van der Waals surface area contributed by atoms with Crippen molar-refractivity contribution in [1.29, 1.82) is 0 Å². The summed E-state index contributed by atoms with van der Waals surface area (Å²) in [5, 5.41) is 7.54. The van der Waals surface area contributed by atoms with Crippen molar-refractivity contribution in [3.8, 4) is 0 Å². The van der Waals surface area contributed by atoms with E-state index in [0.717, 1.165) is 6.54 Å². The molecule has 84 valence electrons. The number of rotatable bonds is 5. The van der Waals surface area contributed by atoms with Gasteiger partial charge in [0.25, 0.3) is 0 Å². The second-order valence-electron chi connectivity index (χ2n) is 3.55. The molecule has 0 amide bonds. The molecule has 1 unspecified atom stereocenters. The van der Waals surface area contributed by atoms with Gasteiger partial charge in [0.05, 0.1) is 11.2 Å². The van der Waals surface area contributed by atoms with E-state index in [1.807, 2.05) is 13.8 Å². The highest BCUT2D eigenvalue weighted by atomic mass is 35.5. The molecule has 0 saturated carbocycles. The fourth-order valence-corrected chi connectivity index (χ4v) is 1.79. The Balaban J connectivity index is 2.69. The van der Waals surface area contributed by atoms with Crippen molar-refractivity contribution in [3.05, 3.63) is 16.9 Å². The van der Waals surface area contributed by atoms with Crippen LogP contribution in [0.4, 0.5) is 0 Å². The first kappa shape index (κ1) is 12.2. The molecule has 4 nitrogen and oxygen atoms in total. The quantitative estimate of drug-likeness (QED) is 0.781. The minimum atomic E-state index is 0.0217. The van der Waals surface area contributed by atoms with Gasteiger partial charge in [0.1, 0.15) is 5.69 Å². The van der Waals surface area contributed by atoms with Gasteiger partial charge >= 0.3 is 0 Å². The molecule has 0 saturated heterocycles. The summed E-state index contributed by atoms with van der Waals surface area (Å²) in [5.41, 5.74) is 0.487. The van der Waals surface area contributed by atoms with Gasteiger partial charge in [0, 0.05) is 19.5 Å². The molecule has 0 aliphatic carbocycles. The van der Waals surface area contributed by atoms with Crippen molar-refractivity contribution in [2.75, 3.05) is 6.54 Å². The van der Waals surface area contributed by atoms with Gasteiger partial charge in [0.2, 0.25) is 0 Å². The largest absolute Gasteiger partial charge is 0.314 e. The van der Waals surface area contributed by atoms with Crippen molar-refractivity contribution < 1.29 is 4.79 Å². The van der Waals surface area contributed by atoms with Crippen LogP contribution < -0.4 is 5.32 Å². The van der Waals surface area contributed by atoms with Crippen molar-refractivity contribution in [2.45, 2.75) is 26.3 Å². The molecule has 0 fully saturated rings. The Bertz CT molecular complexity index is 329. The Morgan fingerprint density at radius 3 is 2.87 bits per heavy atom. The topological polar surface area (TPSA) is 46.9 Å². The number of Topliss-reactive ketones (excluding diaryl/α,β-unsaturated/α-hetero) is 1. The maximum atomic E-state index is 11.8. The van der Waals surface area contributed by atoms with E-state index in [-0.39, 0.29) is 11.8 Å². The predicted octanol–water partition coefficient (Wildman–Crippen LogP) is 1.64. The first-order valence-corrected chi connectivity index (χ1v) is 5.38. The molecule has 1 heterocycles. The third-order valence-corrected chi connectivity index (χ3v) is 2.48. The van der Waals surface area contributed by atoms with Crippen molar-refractivity contribution in [1.82, 2.24) is 15.1 Å². The number of nitrogens with one attached hydrogen (secondary N) is 1. The van der Waals surface area contributed by atoms with Crippen molar-refractivity contribution >= 4 is 17.4 Å². The molecule has 1 atom stereocenters. The molecule has 0 bridgehead atoms. The molecule has 1 aromatic heterocycles. The lowest BCUT2D eigenvalue weighted by molar-refractivity contribution is 0.0963. The molecule has 0 radical (unpaired) electrons. The van der Waals surface area contributed by atoms with E-state index in [2.05, 4.69) is 10.4 Å². The Hall–Kier alpha value is -0.870. The number of ketones is 1. The average molecular weight is 230 g/mol. The zero-order valence-electron chi connectivity index (χ0n) is 9.25. The fourth-order valence-electron chi connectivity index (χ4n) is 1.52. The van der Waals surface area contributed by atoms with Gasteiger partial charge < -0.3 is 5.32 Å². The van der Waals surface area contributed by atoms with Crippen molar-refractivity contribution in [2.24, 2.45) is 7.05 Å². The lowest BCUT2D eigenvalue weighted by Crippen LogP contribution is -2.28. The van der Waals surface area contributed by atoms with Gasteiger partial charge in [0.15, 0.2) is 5.78 Å². The van der Waals surface area contributed by atoms with E-state index in [0.29, 0.717) is 17.1 Å². The molecule has 1 aromatic rings.